The van der Waals surface area contributed by atoms with Gasteiger partial charge in [0, 0.05) is 17.7 Å². The van der Waals surface area contributed by atoms with Crippen molar-refractivity contribution in [2.75, 3.05) is 13.2 Å². The second-order valence-corrected chi connectivity index (χ2v) is 19.1. The summed E-state index contributed by atoms with van der Waals surface area (Å²) in [5.74, 6) is -2.12. The SMILES string of the molecule is C=C[C@@H]1C[C@]1(NC(=O)[C@@H]1C[C@@H]2CN1C(=O)[C@H](C1CCCC1)CC(=O)O[C@@H]1CCC[C@H]1CC/C=C\Cc1c(nc3ccccc3c1OCC)O2)C(=O)NS(=O)(=O)C1CC1. The van der Waals surface area contributed by atoms with E-state index in [4.69, 9.17) is 19.2 Å². The molecule has 2 aliphatic heterocycles. The molecular weight excluding hydrogens is 761 g/mol. The highest BCUT2D eigenvalue weighted by Crippen LogP contribution is 2.46. The molecule has 2 bridgehead atoms. The zero-order valence-corrected chi connectivity index (χ0v) is 34.2. The molecule has 3 amide bonds. The van der Waals surface area contributed by atoms with Gasteiger partial charge in [-0.1, -0.05) is 43.2 Å². The Hall–Kier alpha value is -4.46. The Balaban J connectivity index is 1.16. The number of aromatic nitrogens is 1. The van der Waals surface area contributed by atoms with E-state index in [-0.39, 0.29) is 55.6 Å². The van der Waals surface area contributed by atoms with E-state index in [1.165, 1.54) is 11.0 Å². The number of para-hydroxylation sites is 1. The van der Waals surface area contributed by atoms with Crippen LogP contribution in [0, 0.1) is 23.7 Å². The van der Waals surface area contributed by atoms with Crippen LogP contribution in [0.15, 0.2) is 49.1 Å². The van der Waals surface area contributed by atoms with E-state index < -0.39 is 56.6 Å². The minimum atomic E-state index is -3.89. The summed E-state index contributed by atoms with van der Waals surface area (Å²) in [7, 11) is -3.89. The van der Waals surface area contributed by atoms with Gasteiger partial charge in [0.2, 0.25) is 27.7 Å². The smallest absolute Gasteiger partial charge is 0.306 e. The van der Waals surface area contributed by atoms with Crippen LogP contribution >= 0.6 is 0 Å². The lowest BCUT2D eigenvalue weighted by Crippen LogP contribution is -2.57. The number of sulfonamides is 1. The van der Waals surface area contributed by atoms with Crippen LogP contribution in [0.25, 0.3) is 10.9 Å². The molecule has 8 rings (SSSR count). The van der Waals surface area contributed by atoms with Gasteiger partial charge in [0.25, 0.3) is 5.91 Å². The summed E-state index contributed by atoms with van der Waals surface area (Å²) in [6.07, 6.45) is 14.4. The molecule has 312 valence electrons. The Kier molecular flexibility index (Phi) is 11.6. The summed E-state index contributed by atoms with van der Waals surface area (Å²) in [5, 5.41) is 3.11. The van der Waals surface area contributed by atoms with Gasteiger partial charge in [-0.25, -0.2) is 13.4 Å². The maximum absolute atomic E-state index is 15.0. The van der Waals surface area contributed by atoms with Gasteiger partial charge in [-0.2, -0.15) is 0 Å². The molecule has 7 atom stereocenters. The predicted molar refractivity (Wildman–Crippen MR) is 216 cm³/mol. The lowest BCUT2D eigenvalue weighted by molar-refractivity contribution is -0.156. The van der Waals surface area contributed by atoms with E-state index in [1.54, 1.807) is 0 Å². The van der Waals surface area contributed by atoms with Crippen LogP contribution in [0.4, 0.5) is 0 Å². The number of amides is 3. The van der Waals surface area contributed by atoms with Crippen molar-refractivity contribution in [2.45, 2.75) is 132 Å². The number of allylic oxidation sites excluding steroid dienone is 2. The van der Waals surface area contributed by atoms with Gasteiger partial charge in [-0.15, -0.1) is 6.58 Å². The fourth-order valence-corrected chi connectivity index (χ4v) is 11.2. The molecule has 1 aromatic heterocycles. The summed E-state index contributed by atoms with van der Waals surface area (Å²) >= 11 is 0. The summed E-state index contributed by atoms with van der Waals surface area (Å²) < 4.78 is 47.1. The van der Waals surface area contributed by atoms with Crippen LogP contribution in [-0.4, -0.2) is 84.2 Å². The molecule has 5 fully saturated rings. The molecule has 3 heterocycles. The Morgan fingerprint density at radius 1 is 1.02 bits per heavy atom. The van der Waals surface area contributed by atoms with Crippen LogP contribution in [0.5, 0.6) is 11.6 Å². The highest BCUT2D eigenvalue weighted by Gasteiger charge is 2.62. The molecule has 14 heteroatoms. The number of benzene rings is 1. The minimum absolute atomic E-state index is 0.0355. The van der Waals surface area contributed by atoms with Gasteiger partial charge in [-0.05, 0) is 102 Å². The number of hydrogen-bond donors (Lipinski definition) is 2. The zero-order chi connectivity index (χ0) is 40.6. The lowest BCUT2D eigenvalue weighted by Gasteiger charge is -2.32. The average Bonchev–Trinajstić information content (AvgIpc) is 3.99. The molecule has 4 saturated carbocycles. The number of fused-ring (bicyclic) bond motifs is 5. The number of ether oxygens (including phenoxy) is 3. The van der Waals surface area contributed by atoms with Crippen molar-refractivity contribution in [3.63, 3.8) is 0 Å². The first-order valence-corrected chi connectivity index (χ1v) is 22.9. The minimum Gasteiger partial charge on any atom is -0.493 e. The van der Waals surface area contributed by atoms with E-state index in [1.807, 2.05) is 31.2 Å². The third kappa shape index (κ3) is 8.22. The predicted octanol–water partition coefficient (Wildman–Crippen LogP) is 5.45. The monoisotopic (exact) mass is 816 g/mol. The van der Waals surface area contributed by atoms with Crippen LogP contribution in [0.1, 0.15) is 102 Å². The van der Waals surface area contributed by atoms with Gasteiger partial charge in [0.15, 0.2) is 0 Å². The third-order valence-electron chi connectivity index (χ3n) is 13.3. The lowest BCUT2D eigenvalue weighted by atomic mass is 9.86. The number of hydrogen-bond acceptors (Lipinski definition) is 10. The van der Waals surface area contributed by atoms with Crippen molar-refractivity contribution >= 4 is 44.6 Å². The number of carbonyl (C=O) groups is 4. The van der Waals surface area contributed by atoms with Crippen molar-refractivity contribution in [2.24, 2.45) is 23.7 Å². The highest BCUT2D eigenvalue weighted by atomic mass is 32.2. The second kappa shape index (κ2) is 16.7. The van der Waals surface area contributed by atoms with Crippen LogP contribution in [0.3, 0.4) is 0 Å². The van der Waals surface area contributed by atoms with Crippen molar-refractivity contribution in [1.82, 2.24) is 19.9 Å². The highest BCUT2D eigenvalue weighted by molar-refractivity contribution is 7.91. The number of nitrogens with zero attached hydrogens (tertiary/aromatic N) is 2. The van der Waals surface area contributed by atoms with Crippen molar-refractivity contribution in [3.05, 3.63) is 54.6 Å². The van der Waals surface area contributed by atoms with Crippen LogP contribution in [0.2, 0.25) is 0 Å². The largest absolute Gasteiger partial charge is 0.493 e. The van der Waals surface area contributed by atoms with Crippen LogP contribution in [-0.2, 0) is 40.4 Å². The van der Waals surface area contributed by atoms with Crippen LogP contribution < -0.4 is 19.5 Å². The Bertz CT molecular complexity index is 2080. The molecule has 13 nitrogen and oxygen atoms in total. The second-order valence-electron chi connectivity index (χ2n) is 17.2. The molecule has 1 saturated heterocycles. The van der Waals surface area contributed by atoms with Crippen molar-refractivity contribution in [3.8, 4) is 11.6 Å². The molecule has 6 aliphatic rings. The standard InChI is InChI=1S/C44H56N4O9S/c1-3-29-25-44(29,43(52)47-58(53,54)31-21-22-31)46-40(50)36-23-30-26-48(36)42(51)34(27-13-8-9-14-27)24-38(49)57-37-20-12-16-28(37)15-6-5-7-18-33-39(55-4-2)32-17-10-11-19-35(32)45-41(33)56-30/h3,5,7,10-11,17,19,27-31,34,36-37H,1,4,6,8-9,12-16,18,20-26H2,2H3,(H,46,50)(H,47,52)/b7-5-/t28-,29-,30-,34+,36+,37-,44-/m1/s1. The molecule has 0 spiro atoms. The Labute approximate surface area is 340 Å². The fourth-order valence-electron chi connectivity index (χ4n) is 9.88. The first kappa shape index (κ1) is 40.3. The Morgan fingerprint density at radius 3 is 2.53 bits per heavy atom. The van der Waals surface area contributed by atoms with Gasteiger partial charge >= 0.3 is 5.97 Å². The normalized spacial score (nSPS) is 31.2. The fraction of sp³-hybridized carbons (Fsp3) is 0.614. The van der Waals surface area contributed by atoms with Gasteiger partial charge in [-0.3, -0.25) is 23.9 Å². The molecule has 2 aromatic rings. The summed E-state index contributed by atoms with van der Waals surface area (Å²) in [4.78, 5) is 63.5. The quantitative estimate of drug-likeness (QED) is 0.245. The molecule has 58 heavy (non-hydrogen) atoms. The van der Waals surface area contributed by atoms with Crippen molar-refractivity contribution < 1.29 is 41.8 Å². The molecule has 0 radical (unpaired) electrons. The van der Waals surface area contributed by atoms with E-state index in [9.17, 15) is 27.6 Å². The van der Waals surface area contributed by atoms with Gasteiger partial charge in [0.1, 0.15) is 29.5 Å². The average molecular weight is 817 g/mol. The zero-order valence-electron chi connectivity index (χ0n) is 33.4. The molecule has 2 N–H and O–H groups in total. The molecule has 4 aliphatic carbocycles. The molecular formula is C44H56N4O9S. The maximum Gasteiger partial charge on any atom is 0.306 e. The number of esters is 1. The molecule has 0 unspecified atom stereocenters. The topological polar surface area (TPSA) is 170 Å². The number of pyridine rings is 1. The Morgan fingerprint density at radius 2 is 1.79 bits per heavy atom. The van der Waals surface area contributed by atoms with E-state index in [2.05, 4.69) is 28.8 Å². The van der Waals surface area contributed by atoms with E-state index in [0.717, 1.165) is 68.7 Å². The first-order valence-electron chi connectivity index (χ1n) is 21.4. The van der Waals surface area contributed by atoms with Gasteiger partial charge in [0.05, 0.1) is 41.8 Å². The van der Waals surface area contributed by atoms with Crippen molar-refractivity contribution in [1.29, 1.82) is 0 Å². The van der Waals surface area contributed by atoms with Gasteiger partial charge < -0.3 is 24.4 Å². The number of carbonyl (C=O) groups excluding carboxylic acids is 4. The summed E-state index contributed by atoms with van der Waals surface area (Å²) in [6, 6.07) is 6.63. The first-order chi connectivity index (χ1) is 28.0. The summed E-state index contributed by atoms with van der Waals surface area (Å²) in [6.45, 7) is 6.22. The van der Waals surface area contributed by atoms with E-state index in [0.29, 0.717) is 43.0 Å². The number of rotatable bonds is 9. The maximum atomic E-state index is 15.0. The summed E-state index contributed by atoms with van der Waals surface area (Å²) in [5.41, 5.74) is -0.0835. The third-order valence-corrected chi connectivity index (χ3v) is 15.1. The molecule has 1 aromatic carbocycles. The number of nitrogens with one attached hydrogen (secondary N) is 2. The van der Waals surface area contributed by atoms with E-state index >= 15 is 0 Å².